The van der Waals surface area contributed by atoms with E-state index in [0.717, 1.165) is 0 Å². The second-order valence-electron chi connectivity index (χ2n) is 6.53. The van der Waals surface area contributed by atoms with Crippen molar-refractivity contribution in [2.24, 2.45) is 0 Å². The molecule has 1 heterocycles. The van der Waals surface area contributed by atoms with Crippen LogP contribution in [0.15, 0.2) is 34.7 Å². The molecule has 0 saturated heterocycles. The Morgan fingerprint density at radius 3 is 2.12 bits per heavy atom. The predicted molar refractivity (Wildman–Crippen MR) is 121 cm³/mol. The van der Waals surface area contributed by atoms with E-state index in [9.17, 15) is 4.79 Å². The highest BCUT2D eigenvalue weighted by molar-refractivity contribution is 6.05. The molecule has 0 aliphatic rings. The zero-order valence-electron chi connectivity index (χ0n) is 19.3. The average Bonchev–Trinajstić information content (AvgIpc) is 3.29. The smallest absolute Gasteiger partial charge is 0.322 e. The Balaban J connectivity index is 1.90. The third-order valence-electron chi connectivity index (χ3n) is 4.45. The van der Waals surface area contributed by atoms with Crippen LogP contribution in [0.3, 0.4) is 0 Å². The van der Waals surface area contributed by atoms with E-state index < -0.39 is 5.91 Å². The number of anilines is 1. The summed E-state index contributed by atoms with van der Waals surface area (Å²) in [5.74, 6) is 2.06. The number of nitrogens with one attached hydrogen (secondary N) is 1. The first-order valence-electron chi connectivity index (χ1n) is 10.5. The quantitative estimate of drug-likeness (QED) is 0.452. The van der Waals surface area contributed by atoms with Crippen molar-refractivity contribution in [1.29, 1.82) is 0 Å². The van der Waals surface area contributed by atoms with Gasteiger partial charge in [-0.3, -0.25) is 10.1 Å². The third-order valence-corrected chi connectivity index (χ3v) is 4.45. The minimum atomic E-state index is -0.488. The van der Waals surface area contributed by atoms with E-state index in [1.165, 1.54) is 14.2 Å². The van der Waals surface area contributed by atoms with Gasteiger partial charge in [0.25, 0.3) is 5.91 Å². The lowest BCUT2D eigenvalue weighted by Gasteiger charge is -2.16. The fourth-order valence-corrected chi connectivity index (χ4v) is 3.06. The maximum absolute atomic E-state index is 12.8. The molecular formula is C23H27N3O7. The van der Waals surface area contributed by atoms with Gasteiger partial charge in [0.2, 0.25) is 11.6 Å². The van der Waals surface area contributed by atoms with Crippen LogP contribution < -0.4 is 29.0 Å². The Morgan fingerprint density at radius 1 is 0.879 bits per heavy atom. The second kappa shape index (κ2) is 11.1. The SMILES string of the molecule is CCOc1cc(-c2nnc(NC(=O)c3cc(OC)ccc3OC)o2)cc(OCC)c1OCC. The van der Waals surface area contributed by atoms with Crippen LogP contribution in [-0.2, 0) is 0 Å². The van der Waals surface area contributed by atoms with Gasteiger partial charge in [-0.25, -0.2) is 0 Å². The molecule has 0 radical (unpaired) electrons. The minimum absolute atomic E-state index is 0.0790. The fraction of sp³-hybridized carbons (Fsp3) is 0.348. The zero-order valence-corrected chi connectivity index (χ0v) is 19.3. The number of hydrogen-bond donors (Lipinski definition) is 1. The monoisotopic (exact) mass is 457 g/mol. The van der Waals surface area contributed by atoms with Gasteiger partial charge in [0, 0.05) is 5.56 Å². The third kappa shape index (κ3) is 5.46. The van der Waals surface area contributed by atoms with Crippen LogP contribution in [0, 0.1) is 0 Å². The summed E-state index contributed by atoms with van der Waals surface area (Å²) < 4.78 is 33.3. The number of methoxy groups -OCH3 is 2. The maximum Gasteiger partial charge on any atom is 0.322 e. The number of carbonyl (C=O) groups excluding carboxylic acids is 1. The molecule has 0 saturated carbocycles. The van der Waals surface area contributed by atoms with Crippen LogP contribution in [0.5, 0.6) is 28.7 Å². The van der Waals surface area contributed by atoms with E-state index in [1.807, 2.05) is 20.8 Å². The number of amides is 1. The molecule has 1 N–H and O–H groups in total. The Kier molecular flexibility index (Phi) is 7.96. The largest absolute Gasteiger partial charge is 0.497 e. The van der Waals surface area contributed by atoms with Gasteiger partial charge in [0.1, 0.15) is 11.5 Å². The molecule has 176 valence electrons. The molecule has 10 nitrogen and oxygen atoms in total. The predicted octanol–water partition coefficient (Wildman–Crippen LogP) is 4.20. The zero-order chi connectivity index (χ0) is 23.8. The van der Waals surface area contributed by atoms with Crippen LogP contribution in [0.1, 0.15) is 31.1 Å². The molecule has 1 amide bonds. The number of benzene rings is 2. The van der Waals surface area contributed by atoms with Crippen molar-refractivity contribution in [3.63, 3.8) is 0 Å². The Bertz CT molecular complexity index is 1070. The van der Waals surface area contributed by atoms with Crippen LogP contribution in [0.25, 0.3) is 11.5 Å². The average molecular weight is 457 g/mol. The molecule has 0 spiro atoms. The number of rotatable bonds is 11. The highest BCUT2D eigenvalue weighted by Crippen LogP contribution is 2.42. The number of aromatic nitrogens is 2. The molecule has 1 aromatic heterocycles. The number of carbonyl (C=O) groups is 1. The molecule has 0 aliphatic carbocycles. The van der Waals surface area contributed by atoms with E-state index in [4.69, 9.17) is 28.1 Å². The summed E-state index contributed by atoms with van der Waals surface area (Å²) >= 11 is 0. The van der Waals surface area contributed by atoms with E-state index in [0.29, 0.717) is 54.1 Å². The molecule has 0 unspecified atom stereocenters. The summed E-state index contributed by atoms with van der Waals surface area (Å²) in [7, 11) is 2.98. The highest BCUT2D eigenvalue weighted by Gasteiger charge is 2.20. The summed E-state index contributed by atoms with van der Waals surface area (Å²) in [6.07, 6.45) is 0. The number of ether oxygens (including phenoxy) is 5. The Morgan fingerprint density at radius 2 is 1.55 bits per heavy atom. The van der Waals surface area contributed by atoms with Crippen LogP contribution >= 0.6 is 0 Å². The summed E-state index contributed by atoms with van der Waals surface area (Å²) in [4.78, 5) is 12.8. The van der Waals surface area contributed by atoms with E-state index in [1.54, 1.807) is 30.3 Å². The van der Waals surface area contributed by atoms with Crippen molar-refractivity contribution in [2.45, 2.75) is 20.8 Å². The molecule has 2 aromatic carbocycles. The van der Waals surface area contributed by atoms with Gasteiger partial charge in [0.15, 0.2) is 11.5 Å². The Labute approximate surface area is 191 Å². The van der Waals surface area contributed by atoms with Crippen molar-refractivity contribution in [3.8, 4) is 40.2 Å². The van der Waals surface area contributed by atoms with Crippen molar-refractivity contribution < 1.29 is 32.9 Å². The summed E-state index contributed by atoms with van der Waals surface area (Å²) in [5, 5.41) is 10.6. The molecular weight excluding hydrogens is 430 g/mol. The first-order valence-corrected chi connectivity index (χ1v) is 10.5. The van der Waals surface area contributed by atoms with Crippen LogP contribution in [0.2, 0.25) is 0 Å². The summed E-state index contributed by atoms with van der Waals surface area (Å²) in [5.41, 5.74) is 0.812. The standard InChI is InChI=1S/C23H27N3O7/c1-6-30-18-11-14(12-19(31-7-2)20(18)32-8-3)22-25-26-23(33-22)24-21(27)16-13-15(28-4)9-10-17(16)29-5/h9-13H,6-8H2,1-5H3,(H,24,26,27). The van der Waals surface area contributed by atoms with Crippen molar-refractivity contribution in [1.82, 2.24) is 10.2 Å². The second-order valence-corrected chi connectivity index (χ2v) is 6.53. The van der Waals surface area contributed by atoms with Gasteiger partial charge in [-0.05, 0) is 51.1 Å². The lowest BCUT2D eigenvalue weighted by Crippen LogP contribution is -2.13. The molecule has 0 fully saturated rings. The normalized spacial score (nSPS) is 10.5. The highest BCUT2D eigenvalue weighted by atomic mass is 16.5. The molecule has 0 atom stereocenters. The van der Waals surface area contributed by atoms with Gasteiger partial charge in [-0.2, -0.15) is 0 Å². The lowest BCUT2D eigenvalue weighted by atomic mass is 10.1. The van der Waals surface area contributed by atoms with E-state index in [2.05, 4.69) is 15.5 Å². The molecule has 3 aromatic rings. The molecule has 3 rings (SSSR count). The summed E-state index contributed by atoms with van der Waals surface area (Å²) in [6, 6.07) is 8.25. The van der Waals surface area contributed by atoms with E-state index >= 15 is 0 Å². The molecule has 0 bridgehead atoms. The maximum atomic E-state index is 12.8. The van der Waals surface area contributed by atoms with Gasteiger partial charge in [-0.1, -0.05) is 5.10 Å². The van der Waals surface area contributed by atoms with Gasteiger partial charge >= 0.3 is 6.01 Å². The fourth-order valence-electron chi connectivity index (χ4n) is 3.06. The van der Waals surface area contributed by atoms with Gasteiger partial charge in [0.05, 0.1) is 39.6 Å². The summed E-state index contributed by atoms with van der Waals surface area (Å²) in [6.45, 7) is 6.94. The molecule has 0 aliphatic heterocycles. The molecule has 33 heavy (non-hydrogen) atoms. The molecule has 10 heteroatoms. The first kappa shape index (κ1) is 23.7. The van der Waals surface area contributed by atoms with Crippen molar-refractivity contribution >= 4 is 11.9 Å². The number of hydrogen-bond acceptors (Lipinski definition) is 9. The minimum Gasteiger partial charge on any atom is -0.497 e. The lowest BCUT2D eigenvalue weighted by molar-refractivity contribution is 0.102. The van der Waals surface area contributed by atoms with Crippen LogP contribution in [0.4, 0.5) is 6.01 Å². The van der Waals surface area contributed by atoms with Crippen LogP contribution in [-0.4, -0.2) is 50.1 Å². The van der Waals surface area contributed by atoms with E-state index in [-0.39, 0.29) is 17.5 Å². The van der Waals surface area contributed by atoms with Gasteiger partial charge < -0.3 is 28.1 Å². The number of nitrogens with zero attached hydrogens (tertiary/aromatic N) is 2. The topological polar surface area (TPSA) is 114 Å². The first-order chi connectivity index (χ1) is 16.0. The van der Waals surface area contributed by atoms with Gasteiger partial charge in [-0.15, -0.1) is 5.10 Å². The Hall–Kier alpha value is -3.95. The van der Waals surface area contributed by atoms with Crippen molar-refractivity contribution in [3.05, 3.63) is 35.9 Å². The van der Waals surface area contributed by atoms with Crippen molar-refractivity contribution in [2.75, 3.05) is 39.4 Å².